The lowest BCUT2D eigenvalue weighted by molar-refractivity contribution is -0.117. The van der Waals surface area contributed by atoms with Crippen molar-refractivity contribution in [2.45, 2.75) is 19.8 Å². The Morgan fingerprint density at radius 2 is 2.00 bits per heavy atom. The maximum absolute atomic E-state index is 11.8. The van der Waals surface area contributed by atoms with Gasteiger partial charge in [-0.3, -0.25) is 4.79 Å². The van der Waals surface area contributed by atoms with Gasteiger partial charge in [-0.1, -0.05) is 48.2 Å². The van der Waals surface area contributed by atoms with Crippen LogP contribution in [0.3, 0.4) is 0 Å². The molecule has 18 heavy (non-hydrogen) atoms. The van der Waals surface area contributed by atoms with E-state index >= 15 is 0 Å². The van der Waals surface area contributed by atoms with Crippen molar-refractivity contribution >= 4 is 34.1 Å². The summed E-state index contributed by atoms with van der Waals surface area (Å²) in [5.74, 6) is 0.824. The number of nitrogens with zero attached hydrogens (tertiary/aromatic N) is 1. The van der Waals surface area contributed by atoms with Crippen LogP contribution in [-0.2, 0) is 4.79 Å². The van der Waals surface area contributed by atoms with E-state index in [2.05, 4.69) is 0 Å². The van der Waals surface area contributed by atoms with Gasteiger partial charge in [0.25, 0.3) is 0 Å². The molecule has 1 aromatic rings. The fourth-order valence-corrected chi connectivity index (χ4v) is 2.87. The van der Waals surface area contributed by atoms with Crippen molar-refractivity contribution < 1.29 is 4.79 Å². The topological polar surface area (TPSA) is 20.3 Å². The van der Waals surface area contributed by atoms with E-state index in [1.807, 2.05) is 50.2 Å². The molecule has 0 aromatic heterocycles. The highest BCUT2D eigenvalue weighted by Crippen LogP contribution is 2.25. The number of carbonyl (C=O) groups is 1. The summed E-state index contributed by atoms with van der Waals surface area (Å²) in [5, 5.41) is 0. The molecule has 0 bridgehead atoms. The van der Waals surface area contributed by atoms with Crippen molar-refractivity contribution in [1.82, 2.24) is 4.90 Å². The van der Waals surface area contributed by atoms with Crippen LogP contribution < -0.4 is 0 Å². The van der Waals surface area contributed by atoms with Gasteiger partial charge in [0, 0.05) is 19.8 Å². The highest BCUT2D eigenvalue weighted by molar-refractivity contribution is 8.22. The zero-order chi connectivity index (χ0) is 13.7. The smallest absolute Gasteiger partial charge is 0.138 e. The number of rotatable bonds is 4. The molecule has 0 heterocycles. The Morgan fingerprint density at radius 1 is 1.39 bits per heavy atom. The third kappa shape index (κ3) is 4.10. The number of hydrogen-bond donors (Lipinski definition) is 0. The molecule has 0 N–H and O–H groups in total. The molecule has 0 aliphatic heterocycles. The first kappa shape index (κ1) is 15.2. The number of carbonyl (C=O) groups excluding carboxylic acids is 1. The van der Waals surface area contributed by atoms with Crippen LogP contribution in [0.4, 0.5) is 0 Å². The highest BCUT2D eigenvalue weighted by Gasteiger charge is 2.19. The summed E-state index contributed by atoms with van der Waals surface area (Å²) in [6.45, 7) is 3.69. The fraction of sp³-hybridized carbons (Fsp3) is 0.429. The zero-order valence-electron chi connectivity index (χ0n) is 11.3. The molecule has 0 fully saturated rings. The average molecular weight is 281 g/mol. The van der Waals surface area contributed by atoms with E-state index in [0.29, 0.717) is 5.75 Å². The molecule has 1 rings (SSSR count). The minimum absolute atomic E-state index is 0.0749. The van der Waals surface area contributed by atoms with Gasteiger partial charge in [0.15, 0.2) is 0 Å². The van der Waals surface area contributed by atoms with Gasteiger partial charge in [0.05, 0.1) is 5.92 Å². The van der Waals surface area contributed by atoms with E-state index in [-0.39, 0.29) is 11.7 Å². The molecule has 98 valence electrons. The van der Waals surface area contributed by atoms with Crippen LogP contribution in [0.25, 0.3) is 0 Å². The van der Waals surface area contributed by atoms with E-state index in [4.69, 9.17) is 12.2 Å². The van der Waals surface area contributed by atoms with E-state index in [1.165, 1.54) is 0 Å². The number of hydrogen-bond acceptors (Lipinski definition) is 3. The molecule has 2 nitrogen and oxygen atoms in total. The summed E-state index contributed by atoms with van der Waals surface area (Å²) in [6, 6.07) is 8.04. The summed E-state index contributed by atoms with van der Waals surface area (Å²) in [5.41, 5.74) is 2.27. The third-order valence-electron chi connectivity index (χ3n) is 2.79. The SMILES string of the molecule is CC(=O)C(CSC(=S)N(C)C)c1ccccc1C. The van der Waals surface area contributed by atoms with Crippen molar-refractivity contribution in [2.24, 2.45) is 0 Å². The summed E-state index contributed by atoms with van der Waals surface area (Å²) in [6.07, 6.45) is 0. The second kappa shape index (κ2) is 6.90. The number of Topliss-reactive ketones (excluding diaryl/α,β-unsaturated/α-hetero) is 1. The van der Waals surface area contributed by atoms with E-state index < -0.39 is 0 Å². The van der Waals surface area contributed by atoms with Gasteiger partial charge in [-0.15, -0.1) is 0 Å². The molecule has 0 saturated carbocycles. The Kier molecular flexibility index (Phi) is 5.82. The predicted molar refractivity (Wildman–Crippen MR) is 83.3 cm³/mol. The van der Waals surface area contributed by atoms with Gasteiger partial charge in [0.2, 0.25) is 0 Å². The van der Waals surface area contributed by atoms with Gasteiger partial charge in [-0.2, -0.15) is 0 Å². The van der Waals surface area contributed by atoms with Crippen LogP contribution in [0.15, 0.2) is 24.3 Å². The highest BCUT2D eigenvalue weighted by atomic mass is 32.2. The van der Waals surface area contributed by atoms with Crippen LogP contribution in [0.2, 0.25) is 0 Å². The van der Waals surface area contributed by atoms with Gasteiger partial charge in [0.1, 0.15) is 10.1 Å². The fourth-order valence-electron chi connectivity index (χ4n) is 1.69. The Bertz CT molecular complexity index is 443. The van der Waals surface area contributed by atoms with Crippen LogP contribution >= 0.6 is 24.0 Å². The minimum atomic E-state index is -0.0749. The first-order chi connectivity index (χ1) is 8.43. The molecular weight excluding hydrogens is 262 g/mol. The van der Waals surface area contributed by atoms with E-state index in [9.17, 15) is 4.79 Å². The summed E-state index contributed by atoms with van der Waals surface area (Å²) in [7, 11) is 3.84. The van der Waals surface area contributed by atoms with Crippen molar-refractivity contribution in [3.05, 3.63) is 35.4 Å². The van der Waals surface area contributed by atoms with Gasteiger partial charge in [-0.05, 0) is 25.0 Å². The maximum Gasteiger partial charge on any atom is 0.138 e. The first-order valence-corrected chi connectivity index (χ1v) is 7.23. The van der Waals surface area contributed by atoms with Crippen molar-refractivity contribution in [1.29, 1.82) is 0 Å². The van der Waals surface area contributed by atoms with Crippen molar-refractivity contribution in [3.63, 3.8) is 0 Å². The lowest BCUT2D eigenvalue weighted by atomic mass is 9.93. The molecule has 4 heteroatoms. The van der Waals surface area contributed by atoms with Crippen LogP contribution in [0.5, 0.6) is 0 Å². The minimum Gasteiger partial charge on any atom is -0.364 e. The van der Waals surface area contributed by atoms with E-state index in [0.717, 1.165) is 15.4 Å². The predicted octanol–water partition coefficient (Wildman–Crippen LogP) is 3.25. The van der Waals surface area contributed by atoms with Crippen molar-refractivity contribution in [2.75, 3.05) is 19.8 Å². The van der Waals surface area contributed by atoms with Crippen LogP contribution in [-0.4, -0.2) is 34.9 Å². The first-order valence-electron chi connectivity index (χ1n) is 5.83. The Hall–Kier alpha value is -0.870. The molecule has 0 radical (unpaired) electrons. The molecule has 0 amide bonds. The summed E-state index contributed by atoms with van der Waals surface area (Å²) < 4.78 is 0.815. The number of thioether (sulfide) groups is 1. The van der Waals surface area contributed by atoms with Gasteiger partial charge < -0.3 is 4.90 Å². The molecule has 0 saturated heterocycles. The molecule has 0 aliphatic rings. The molecule has 0 aliphatic carbocycles. The molecule has 1 atom stereocenters. The second-order valence-corrected chi connectivity index (χ2v) is 6.14. The normalized spacial score (nSPS) is 12.0. The monoisotopic (exact) mass is 281 g/mol. The standard InChI is InChI=1S/C14H19NOS2/c1-10-7-5-6-8-12(10)13(11(2)16)9-18-14(17)15(3)4/h5-8,13H,9H2,1-4H3. The molecule has 1 aromatic carbocycles. The maximum atomic E-state index is 11.8. The largest absolute Gasteiger partial charge is 0.364 e. The zero-order valence-corrected chi connectivity index (χ0v) is 12.9. The lowest BCUT2D eigenvalue weighted by Gasteiger charge is -2.18. The molecule has 0 spiro atoms. The number of aryl methyl sites for hydroxylation is 1. The van der Waals surface area contributed by atoms with Crippen LogP contribution in [0, 0.1) is 6.92 Å². The van der Waals surface area contributed by atoms with Crippen molar-refractivity contribution in [3.8, 4) is 0 Å². The van der Waals surface area contributed by atoms with E-state index in [1.54, 1.807) is 18.7 Å². The van der Waals surface area contributed by atoms with Crippen LogP contribution in [0.1, 0.15) is 24.0 Å². The Morgan fingerprint density at radius 3 is 2.50 bits per heavy atom. The second-order valence-electron chi connectivity index (χ2n) is 4.49. The van der Waals surface area contributed by atoms with Gasteiger partial charge >= 0.3 is 0 Å². The lowest BCUT2D eigenvalue weighted by Crippen LogP contribution is -2.20. The summed E-state index contributed by atoms with van der Waals surface area (Å²) in [4.78, 5) is 13.7. The number of ketones is 1. The molecular formula is C14H19NOS2. The Balaban J connectivity index is 2.82. The summed E-state index contributed by atoms with van der Waals surface area (Å²) >= 11 is 6.80. The number of benzene rings is 1. The van der Waals surface area contributed by atoms with Gasteiger partial charge in [-0.25, -0.2) is 0 Å². The third-order valence-corrected chi connectivity index (χ3v) is 4.62. The quantitative estimate of drug-likeness (QED) is 0.789. The average Bonchev–Trinajstić information content (AvgIpc) is 2.30. The molecule has 1 unspecified atom stereocenters. The number of thiocarbonyl (C=S) groups is 1. The Labute approximate surface area is 119 Å².